The number of carbonyl (C=O) groups is 1. The fourth-order valence-corrected chi connectivity index (χ4v) is 1.66. The third-order valence-electron chi connectivity index (χ3n) is 1.53. The minimum absolute atomic E-state index is 0.0291. The molecule has 1 aromatic carbocycles. The van der Waals surface area contributed by atoms with Crippen LogP contribution in [0.3, 0.4) is 0 Å². The van der Waals surface area contributed by atoms with Gasteiger partial charge in [0, 0.05) is 15.0 Å². The number of anilines is 1. The summed E-state index contributed by atoms with van der Waals surface area (Å²) >= 11 is 6.61. The number of benzene rings is 1. The van der Waals surface area contributed by atoms with Crippen molar-refractivity contribution < 1.29 is 9.90 Å². The van der Waals surface area contributed by atoms with E-state index in [1.807, 2.05) is 12.1 Å². The summed E-state index contributed by atoms with van der Waals surface area (Å²) in [7, 11) is 0. The number of hydrogen-bond acceptors (Lipinski definition) is 2. The van der Waals surface area contributed by atoms with Crippen LogP contribution in [0.25, 0.3) is 0 Å². The second-order valence-corrected chi connectivity index (χ2v) is 4.67. The molecule has 2 N–H and O–H groups in total. The molecule has 1 amide bonds. The van der Waals surface area contributed by atoms with Gasteiger partial charge in [-0.05, 0) is 41.1 Å². The minimum Gasteiger partial charge on any atom is -0.512 e. The summed E-state index contributed by atoms with van der Waals surface area (Å²) in [6, 6.07) is 5.44. The molecule has 0 spiro atoms. The highest BCUT2D eigenvalue weighted by Gasteiger charge is 2.04. The lowest BCUT2D eigenvalue weighted by Crippen LogP contribution is -2.09. The first-order valence-corrected chi connectivity index (χ1v) is 5.71. The predicted molar refractivity (Wildman–Crippen MR) is 66.9 cm³/mol. The van der Waals surface area contributed by atoms with Crippen LogP contribution in [0.4, 0.5) is 5.69 Å². The van der Waals surface area contributed by atoms with Crippen LogP contribution < -0.4 is 5.32 Å². The van der Waals surface area contributed by atoms with Gasteiger partial charge in [-0.3, -0.25) is 4.79 Å². The van der Waals surface area contributed by atoms with Gasteiger partial charge >= 0.3 is 0 Å². The SMILES string of the molecule is C/C(O)=C\C(=O)Nc1cc(Br)ccc1Br. The fraction of sp³-hybridized carbons (Fsp3) is 0.100. The average Bonchev–Trinajstić information content (AvgIpc) is 2.10. The van der Waals surface area contributed by atoms with Gasteiger partial charge in [-0.1, -0.05) is 15.9 Å². The van der Waals surface area contributed by atoms with E-state index in [1.54, 1.807) is 6.07 Å². The Balaban J connectivity index is 2.85. The molecule has 0 heterocycles. The average molecular weight is 335 g/mol. The topological polar surface area (TPSA) is 49.3 Å². The van der Waals surface area contributed by atoms with Crippen molar-refractivity contribution >= 4 is 43.5 Å². The summed E-state index contributed by atoms with van der Waals surface area (Å²) in [4.78, 5) is 11.3. The zero-order valence-electron chi connectivity index (χ0n) is 7.92. The summed E-state index contributed by atoms with van der Waals surface area (Å²) < 4.78 is 1.65. The van der Waals surface area contributed by atoms with Crippen LogP contribution in [0, 0.1) is 0 Å². The lowest BCUT2D eigenvalue weighted by atomic mass is 10.3. The number of aliphatic hydroxyl groups is 1. The third-order valence-corrected chi connectivity index (χ3v) is 2.71. The van der Waals surface area contributed by atoms with Gasteiger partial charge in [0.1, 0.15) is 0 Å². The molecule has 0 unspecified atom stereocenters. The number of aliphatic hydroxyl groups excluding tert-OH is 1. The molecule has 80 valence electrons. The van der Waals surface area contributed by atoms with Crippen LogP contribution in [-0.4, -0.2) is 11.0 Å². The lowest BCUT2D eigenvalue weighted by Gasteiger charge is -2.05. The second-order valence-electron chi connectivity index (χ2n) is 2.90. The Hall–Kier alpha value is -0.810. The van der Waals surface area contributed by atoms with E-state index < -0.39 is 0 Å². The molecule has 0 radical (unpaired) electrons. The largest absolute Gasteiger partial charge is 0.512 e. The van der Waals surface area contributed by atoms with Gasteiger partial charge in [-0.25, -0.2) is 0 Å². The number of rotatable bonds is 2. The molecule has 0 aromatic heterocycles. The summed E-state index contributed by atoms with van der Waals surface area (Å²) in [5.41, 5.74) is 0.645. The summed E-state index contributed by atoms with van der Waals surface area (Å²) in [6.07, 6.45) is 1.12. The van der Waals surface area contributed by atoms with Crippen LogP contribution >= 0.6 is 31.9 Å². The molecular formula is C10H9Br2NO2. The van der Waals surface area contributed by atoms with Crippen molar-refractivity contribution in [1.29, 1.82) is 0 Å². The predicted octanol–water partition coefficient (Wildman–Crippen LogP) is 3.61. The molecule has 15 heavy (non-hydrogen) atoms. The quantitative estimate of drug-likeness (QED) is 0.641. The van der Waals surface area contributed by atoms with Gasteiger partial charge in [0.05, 0.1) is 11.4 Å². The van der Waals surface area contributed by atoms with E-state index in [4.69, 9.17) is 5.11 Å². The first-order chi connectivity index (χ1) is 6.99. The number of amides is 1. The monoisotopic (exact) mass is 333 g/mol. The molecule has 0 saturated carbocycles. The highest BCUT2D eigenvalue weighted by Crippen LogP contribution is 2.26. The molecule has 5 heteroatoms. The molecule has 1 aromatic rings. The molecular weight excluding hydrogens is 326 g/mol. The van der Waals surface area contributed by atoms with Crippen molar-refractivity contribution in [2.24, 2.45) is 0 Å². The van der Waals surface area contributed by atoms with E-state index in [2.05, 4.69) is 37.2 Å². The van der Waals surface area contributed by atoms with E-state index in [9.17, 15) is 4.79 Å². The van der Waals surface area contributed by atoms with Crippen molar-refractivity contribution in [3.8, 4) is 0 Å². The van der Waals surface area contributed by atoms with Crippen molar-refractivity contribution in [2.45, 2.75) is 6.92 Å². The Labute approximate surface area is 104 Å². The van der Waals surface area contributed by atoms with E-state index >= 15 is 0 Å². The number of hydrogen-bond donors (Lipinski definition) is 2. The highest BCUT2D eigenvalue weighted by atomic mass is 79.9. The summed E-state index contributed by atoms with van der Waals surface area (Å²) in [5.74, 6) is -0.396. The first kappa shape index (κ1) is 12.3. The molecule has 3 nitrogen and oxygen atoms in total. The van der Waals surface area contributed by atoms with Crippen LogP contribution in [0.2, 0.25) is 0 Å². The summed E-state index contributed by atoms with van der Waals surface area (Å²) in [6.45, 7) is 1.44. The van der Waals surface area contributed by atoms with Crippen LogP contribution in [0.15, 0.2) is 39.0 Å². The van der Waals surface area contributed by atoms with E-state index in [0.29, 0.717) is 5.69 Å². The number of halogens is 2. The molecule has 0 fully saturated rings. The van der Waals surface area contributed by atoms with E-state index in [0.717, 1.165) is 15.0 Å². The van der Waals surface area contributed by atoms with Crippen molar-refractivity contribution in [1.82, 2.24) is 0 Å². The van der Waals surface area contributed by atoms with Crippen LogP contribution in [-0.2, 0) is 4.79 Å². The van der Waals surface area contributed by atoms with Crippen molar-refractivity contribution in [3.63, 3.8) is 0 Å². The first-order valence-electron chi connectivity index (χ1n) is 4.12. The molecule has 0 aliphatic heterocycles. The number of allylic oxidation sites excluding steroid dienone is 1. The normalized spacial score (nSPS) is 11.3. The van der Waals surface area contributed by atoms with Crippen LogP contribution in [0.5, 0.6) is 0 Å². The van der Waals surface area contributed by atoms with E-state index in [1.165, 1.54) is 6.92 Å². The summed E-state index contributed by atoms with van der Waals surface area (Å²) in [5, 5.41) is 11.5. The van der Waals surface area contributed by atoms with Gasteiger partial charge in [0.2, 0.25) is 0 Å². The van der Waals surface area contributed by atoms with Gasteiger partial charge < -0.3 is 10.4 Å². The Morgan fingerprint density at radius 1 is 1.47 bits per heavy atom. The zero-order chi connectivity index (χ0) is 11.4. The van der Waals surface area contributed by atoms with Crippen molar-refractivity contribution in [3.05, 3.63) is 39.0 Å². The molecule has 0 aliphatic rings. The molecule has 0 bridgehead atoms. The fourth-order valence-electron chi connectivity index (χ4n) is 0.952. The van der Waals surface area contributed by atoms with Crippen LogP contribution in [0.1, 0.15) is 6.92 Å². The van der Waals surface area contributed by atoms with Gasteiger partial charge in [0.25, 0.3) is 5.91 Å². The van der Waals surface area contributed by atoms with Gasteiger partial charge in [-0.2, -0.15) is 0 Å². The molecule has 0 atom stereocenters. The number of carbonyl (C=O) groups excluding carboxylic acids is 1. The third kappa shape index (κ3) is 4.05. The lowest BCUT2D eigenvalue weighted by molar-refractivity contribution is -0.112. The Bertz CT molecular complexity index is 412. The Kier molecular flexibility index (Phi) is 4.35. The van der Waals surface area contributed by atoms with Gasteiger partial charge in [-0.15, -0.1) is 0 Å². The molecule has 0 saturated heterocycles. The Morgan fingerprint density at radius 2 is 2.13 bits per heavy atom. The zero-order valence-corrected chi connectivity index (χ0v) is 11.1. The molecule has 0 aliphatic carbocycles. The maximum Gasteiger partial charge on any atom is 0.251 e. The maximum absolute atomic E-state index is 11.3. The standard InChI is InChI=1S/C10H9Br2NO2/c1-6(14)4-10(15)13-9-5-7(11)2-3-8(9)12/h2-5,14H,1H3,(H,13,15)/b6-4+. The maximum atomic E-state index is 11.3. The van der Waals surface area contributed by atoms with Crippen molar-refractivity contribution in [2.75, 3.05) is 5.32 Å². The number of nitrogens with one attached hydrogen (secondary N) is 1. The highest BCUT2D eigenvalue weighted by molar-refractivity contribution is 9.11. The smallest absolute Gasteiger partial charge is 0.251 e. The Morgan fingerprint density at radius 3 is 2.73 bits per heavy atom. The van der Waals surface area contributed by atoms with E-state index in [-0.39, 0.29) is 11.7 Å². The second kappa shape index (κ2) is 5.32. The van der Waals surface area contributed by atoms with Gasteiger partial charge in [0.15, 0.2) is 0 Å². The minimum atomic E-state index is -0.367. The molecule has 1 rings (SSSR count).